The number of benzene rings is 3. The summed E-state index contributed by atoms with van der Waals surface area (Å²) < 4.78 is 27.3. The largest absolute Gasteiger partial charge is 0.507 e. The van der Waals surface area contributed by atoms with Crippen molar-refractivity contribution < 1.29 is 18.3 Å². The summed E-state index contributed by atoms with van der Waals surface area (Å²) in [7, 11) is -3.79. The van der Waals surface area contributed by atoms with Gasteiger partial charge < -0.3 is 5.11 Å². The minimum Gasteiger partial charge on any atom is -0.507 e. The molecule has 0 fully saturated rings. The van der Waals surface area contributed by atoms with Crippen molar-refractivity contribution in [2.24, 2.45) is 5.10 Å². The van der Waals surface area contributed by atoms with Gasteiger partial charge in [-0.15, -0.1) is 6.58 Å². The Kier molecular flexibility index (Phi) is 7.07. The molecule has 0 aliphatic carbocycles. The number of carbonyl (C=O) groups is 1. The van der Waals surface area contributed by atoms with Crippen molar-refractivity contribution in [2.45, 2.75) is 11.8 Å². The molecule has 3 aromatic carbocycles. The lowest BCUT2D eigenvalue weighted by molar-refractivity contribution is 0.0955. The summed E-state index contributed by atoms with van der Waals surface area (Å²) in [6, 6.07) is 20.9. The number of hydrogen-bond acceptors (Lipinski definition) is 5. The second-order valence-corrected chi connectivity index (χ2v) is 8.70. The van der Waals surface area contributed by atoms with Gasteiger partial charge in [-0.1, -0.05) is 36.4 Å². The smallest absolute Gasteiger partial charge is 0.271 e. The standard InChI is InChI=1S/C24H23N3O4S/c1-3-17-27(32(30,31)21-9-5-4-6-10-21)20-15-13-19(14-16-20)24(29)26-25-18(2)22-11-7-8-12-23(22)28/h3-16,28H,1,17H2,2H3,(H,26,29)/b25-18-. The van der Waals surface area contributed by atoms with Crippen LogP contribution in [0, 0.1) is 0 Å². The van der Waals surface area contributed by atoms with Crippen LogP contribution in [0.15, 0.2) is 102 Å². The van der Waals surface area contributed by atoms with E-state index < -0.39 is 15.9 Å². The monoisotopic (exact) mass is 449 g/mol. The van der Waals surface area contributed by atoms with Gasteiger partial charge in [0.15, 0.2) is 0 Å². The van der Waals surface area contributed by atoms with Crippen LogP contribution in [-0.4, -0.2) is 31.7 Å². The number of sulfonamides is 1. The third-order valence-electron chi connectivity index (χ3n) is 4.66. The van der Waals surface area contributed by atoms with E-state index in [4.69, 9.17) is 0 Å². The van der Waals surface area contributed by atoms with Crippen LogP contribution >= 0.6 is 0 Å². The summed E-state index contributed by atoms with van der Waals surface area (Å²) in [5, 5.41) is 13.9. The van der Waals surface area contributed by atoms with E-state index in [1.54, 1.807) is 55.5 Å². The van der Waals surface area contributed by atoms with E-state index in [1.807, 2.05) is 0 Å². The van der Waals surface area contributed by atoms with Gasteiger partial charge in [-0.05, 0) is 55.5 Å². The summed E-state index contributed by atoms with van der Waals surface area (Å²) in [5.74, 6) is -0.401. The van der Waals surface area contributed by atoms with E-state index in [0.29, 0.717) is 22.5 Å². The number of hydrazone groups is 1. The van der Waals surface area contributed by atoms with Crippen molar-refractivity contribution in [1.82, 2.24) is 5.43 Å². The number of carbonyl (C=O) groups excluding carboxylic acids is 1. The summed E-state index contributed by atoms with van der Waals surface area (Å²) in [4.78, 5) is 12.6. The van der Waals surface area contributed by atoms with E-state index in [9.17, 15) is 18.3 Å². The number of amides is 1. The predicted octanol–water partition coefficient (Wildman–Crippen LogP) is 3.93. The molecule has 0 aliphatic rings. The Bertz CT molecular complexity index is 1240. The van der Waals surface area contributed by atoms with E-state index in [-0.39, 0.29) is 17.2 Å². The van der Waals surface area contributed by atoms with Gasteiger partial charge in [-0.25, -0.2) is 13.8 Å². The molecule has 7 nitrogen and oxygen atoms in total. The molecule has 0 aromatic heterocycles. The highest BCUT2D eigenvalue weighted by molar-refractivity contribution is 7.92. The normalized spacial score (nSPS) is 11.6. The molecular formula is C24H23N3O4S. The number of para-hydroxylation sites is 1. The quantitative estimate of drug-likeness (QED) is 0.309. The molecule has 32 heavy (non-hydrogen) atoms. The number of hydrogen-bond donors (Lipinski definition) is 2. The van der Waals surface area contributed by atoms with Crippen LogP contribution in [0.4, 0.5) is 5.69 Å². The molecule has 0 heterocycles. The first-order chi connectivity index (χ1) is 15.3. The summed E-state index contributed by atoms with van der Waals surface area (Å²) in [6.45, 7) is 5.39. The molecule has 0 radical (unpaired) electrons. The van der Waals surface area contributed by atoms with Gasteiger partial charge in [0.25, 0.3) is 15.9 Å². The zero-order valence-corrected chi connectivity index (χ0v) is 18.3. The van der Waals surface area contributed by atoms with Crippen molar-refractivity contribution in [3.63, 3.8) is 0 Å². The third kappa shape index (κ3) is 5.04. The van der Waals surface area contributed by atoms with Crippen LogP contribution in [0.1, 0.15) is 22.8 Å². The lowest BCUT2D eigenvalue weighted by Gasteiger charge is -2.23. The maximum Gasteiger partial charge on any atom is 0.271 e. The molecule has 0 unspecified atom stereocenters. The Labute approximate surface area is 187 Å². The molecule has 8 heteroatoms. The van der Waals surface area contributed by atoms with Crippen LogP contribution in [-0.2, 0) is 10.0 Å². The molecule has 2 N–H and O–H groups in total. The number of nitrogens with one attached hydrogen (secondary N) is 1. The van der Waals surface area contributed by atoms with Gasteiger partial charge in [0.2, 0.25) is 0 Å². The van der Waals surface area contributed by atoms with Gasteiger partial charge in [0, 0.05) is 11.1 Å². The first kappa shape index (κ1) is 22.8. The Morgan fingerprint density at radius 3 is 2.28 bits per heavy atom. The Morgan fingerprint density at radius 1 is 1.03 bits per heavy atom. The zero-order valence-electron chi connectivity index (χ0n) is 17.5. The summed E-state index contributed by atoms with van der Waals surface area (Å²) in [6.07, 6.45) is 1.50. The van der Waals surface area contributed by atoms with Crippen molar-refractivity contribution in [2.75, 3.05) is 10.8 Å². The molecule has 1 amide bonds. The van der Waals surface area contributed by atoms with Gasteiger partial charge in [0.05, 0.1) is 22.8 Å². The third-order valence-corrected chi connectivity index (χ3v) is 6.47. The average Bonchev–Trinajstić information content (AvgIpc) is 2.81. The first-order valence-electron chi connectivity index (χ1n) is 9.76. The molecule has 0 spiro atoms. The number of phenolic OH excluding ortho intramolecular Hbond substituents is 1. The highest BCUT2D eigenvalue weighted by atomic mass is 32.2. The number of phenols is 1. The lowest BCUT2D eigenvalue weighted by atomic mass is 10.1. The van der Waals surface area contributed by atoms with Gasteiger partial charge in [0.1, 0.15) is 5.75 Å². The Balaban J connectivity index is 1.79. The summed E-state index contributed by atoms with van der Waals surface area (Å²) in [5.41, 5.74) is 4.10. The van der Waals surface area contributed by atoms with E-state index in [2.05, 4.69) is 17.1 Å². The van der Waals surface area contributed by atoms with E-state index >= 15 is 0 Å². The lowest BCUT2D eigenvalue weighted by Crippen LogP contribution is -2.31. The number of rotatable bonds is 8. The fourth-order valence-corrected chi connectivity index (χ4v) is 4.45. The van der Waals surface area contributed by atoms with Crippen LogP contribution < -0.4 is 9.73 Å². The average molecular weight is 450 g/mol. The number of aromatic hydroxyl groups is 1. The minimum absolute atomic E-state index is 0.0642. The van der Waals surface area contributed by atoms with Crippen LogP contribution in [0.5, 0.6) is 5.75 Å². The SMILES string of the molecule is C=CCN(c1ccc(C(=O)N/N=C(/C)c2ccccc2O)cc1)S(=O)(=O)c1ccccc1. The highest BCUT2D eigenvalue weighted by Gasteiger charge is 2.24. The second kappa shape index (κ2) is 9.93. The molecule has 3 aromatic rings. The molecule has 0 bridgehead atoms. The van der Waals surface area contributed by atoms with E-state index in [1.165, 1.54) is 40.7 Å². The van der Waals surface area contributed by atoms with E-state index in [0.717, 1.165) is 0 Å². The van der Waals surface area contributed by atoms with Crippen LogP contribution in [0.25, 0.3) is 0 Å². The number of nitrogens with zero attached hydrogens (tertiary/aromatic N) is 2. The Morgan fingerprint density at radius 2 is 1.66 bits per heavy atom. The van der Waals surface area contributed by atoms with Gasteiger partial charge >= 0.3 is 0 Å². The van der Waals surface area contributed by atoms with Crippen molar-refractivity contribution in [3.05, 3.63) is 103 Å². The van der Waals surface area contributed by atoms with Crippen molar-refractivity contribution in [1.29, 1.82) is 0 Å². The topological polar surface area (TPSA) is 99.1 Å². The Hall–Kier alpha value is -3.91. The highest BCUT2D eigenvalue weighted by Crippen LogP contribution is 2.24. The first-order valence-corrected chi connectivity index (χ1v) is 11.2. The van der Waals surface area contributed by atoms with Crippen LogP contribution in [0.3, 0.4) is 0 Å². The molecular weight excluding hydrogens is 426 g/mol. The summed E-state index contributed by atoms with van der Waals surface area (Å²) >= 11 is 0. The molecule has 3 rings (SSSR count). The predicted molar refractivity (Wildman–Crippen MR) is 125 cm³/mol. The fraction of sp³-hybridized carbons (Fsp3) is 0.0833. The fourth-order valence-electron chi connectivity index (χ4n) is 3.00. The van der Waals surface area contributed by atoms with Gasteiger partial charge in [-0.3, -0.25) is 9.10 Å². The zero-order chi connectivity index (χ0) is 23.1. The maximum absolute atomic E-state index is 13.0. The van der Waals surface area contributed by atoms with Crippen LogP contribution in [0.2, 0.25) is 0 Å². The minimum atomic E-state index is -3.79. The number of anilines is 1. The molecule has 0 saturated carbocycles. The van der Waals surface area contributed by atoms with Gasteiger partial charge in [-0.2, -0.15) is 5.10 Å². The molecule has 0 saturated heterocycles. The van der Waals surface area contributed by atoms with Crippen molar-refractivity contribution in [3.8, 4) is 5.75 Å². The maximum atomic E-state index is 13.0. The molecule has 0 aliphatic heterocycles. The molecule has 0 atom stereocenters. The second-order valence-electron chi connectivity index (χ2n) is 6.84. The molecule has 164 valence electrons. The van der Waals surface area contributed by atoms with Crippen molar-refractivity contribution >= 4 is 27.3 Å².